The predicted octanol–water partition coefficient (Wildman–Crippen LogP) is 5.19. The molecular weight excluding hydrogens is 537 g/mol. The number of rotatable bonds is 7. The lowest BCUT2D eigenvalue weighted by Crippen LogP contribution is -2.29. The summed E-state index contributed by atoms with van der Waals surface area (Å²) in [5, 5.41) is 3.86. The van der Waals surface area contributed by atoms with Crippen LogP contribution in [0.25, 0.3) is 5.69 Å². The maximum Gasteiger partial charge on any atom is 0.229 e. The van der Waals surface area contributed by atoms with Gasteiger partial charge in [0, 0.05) is 23.3 Å². The molecule has 39 heavy (non-hydrogen) atoms. The minimum Gasteiger partial charge on any atom is -0.495 e. The number of methoxy groups -OCH3 is 1. The number of anilines is 2. The lowest BCUT2D eigenvalue weighted by molar-refractivity contribution is 0.417. The molecule has 202 valence electrons. The molecule has 4 aromatic rings. The molecule has 3 heterocycles. The number of benzene rings is 2. The minimum atomic E-state index is -3.57. The number of thiocarbonyl (C=S) groups is 1. The molecule has 11 heteroatoms. The molecule has 2 aromatic heterocycles. The number of para-hydroxylation sites is 1. The van der Waals surface area contributed by atoms with E-state index in [1.807, 2.05) is 53.6 Å². The first-order valence-corrected chi connectivity index (χ1v) is 14.5. The second-order valence-corrected chi connectivity index (χ2v) is 11.5. The molecule has 1 saturated heterocycles. The molecule has 2 N–H and O–H groups in total. The summed E-state index contributed by atoms with van der Waals surface area (Å²) in [6.45, 7) is 3.89. The first kappa shape index (κ1) is 26.6. The highest BCUT2D eigenvalue weighted by atomic mass is 32.2. The van der Waals surface area contributed by atoms with Crippen molar-refractivity contribution < 1.29 is 17.5 Å². The van der Waals surface area contributed by atoms with Gasteiger partial charge < -0.3 is 19.5 Å². The number of hydrogen-bond acceptors (Lipinski definition) is 5. The lowest BCUT2D eigenvalue weighted by Gasteiger charge is -2.29. The van der Waals surface area contributed by atoms with Crippen molar-refractivity contribution >= 4 is 38.7 Å². The van der Waals surface area contributed by atoms with E-state index in [2.05, 4.69) is 15.0 Å². The van der Waals surface area contributed by atoms with Gasteiger partial charge in [0.25, 0.3) is 0 Å². The van der Waals surface area contributed by atoms with E-state index in [4.69, 9.17) is 17.0 Å². The van der Waals surface area contributed by atoms with Gasteiger partial charge >= 0.3 is 0 Å². The third-order valence-electron chi connectivity index (χ3n) is 6.74. The van der Waals surface area contributed by atoms with Crippen LogP contribution in [-0.2, 0) is 10.0 Å². The average molecular weight is 566 g/mol. The fourth-order valence-electron chi connectivity index (χ4n) is 5.17. The number of aryl methyl sites for hydroxylation is 1. The summed E-state index contributed by atoms with van der Waals surface area (Å²) in [5.41, 5.74) is 4.81. The monoisotopic (exact) mass is 565 g/mol. The summed E-state index contributed by atoms with van der Waals surface area (Å²) in [6.07, 6.45) is 2.81. The van der Waals surface area contributed by atoms with Crippen LogP contribution in [0.15, 0.2) is 72.9 Å². The zero-order chi connectivity index (χ0) is 27.9. The predicted molar refractivity (Wildman–Crippen MR) is 155 cm³/mol. The summed E-state index contributed by atoms with van der Waals surface area (Å²) >= 11 is 5.84. The number of aromatic nitrogens is 2. The second-order valence-electron chi connectivity index (χ2n) is 9.37. The molecule has 8 nitrogen and oxygen atoms in total. The number of hydrogen-bond donors (Lipinski definition) is 2. The molecule has 0 unspecified atom stereocenters. The molecular formula is C28H28FN5O3S2. The SMILES string of the molecule is COc1ccc(N2C(=S)N[C@@H](c3ccccn3)[C@@H]2c2cc(C)n(-c3ccccc3F)c2C)cc1NS(C)(=O)=O. The fraction of sp³-hybridized carbons (Fsp3) is 0.214. The number of ether oxygens (including phenoxy) is 1. The highest BCUT2D eigenvalue weighted by Gasteiger charge is 2.42. The van der Waals surface area contributed by atoms with E-state index < -0.39 is 10.0 Å². The Kier molecular flexibility index (Phi) is 7.04. The molecule has 0 saturated carbocycles. The zero-order valence-corrected chi connectivity index (χ0v) is 23.5. The van der Waals surface area contributed by atoms with Crippen molar-refractivity contribution in [2.45, 2.75) is 25.9 Å². The van der Waals surface area contributed by atoms with E-state index in [1.165, 1.54) is 13.2 Å². The van der Waals surface area contributed by atoms with Crippen molar-refractivity contribution in [2.75, 3.05) is 23.0 Å². The van der Waals surface area contributed by atoms with Gasteiger partial charge in [0.15, 0.2) is 5.11 Å². The molecule has 1 fully saturated rings. The smallest absolute Gasteiger partial charge is 0.229 e. The van der Waals surface area contributed by atoms with E-state index in [-0.39, 0.29) is 23.6 Å². The number of halogens is 1. The van der Waals surface area contributed by atoms with Gasteiger partial charge in [-0.2, -0.15) is 0 Å². The molecule has 5 rings (SSSR count). The van der Waals surface area contributed by atoms with Gasteiger partial charge in [-0.25, -0.2) is 12.8 Å². The molecule has 0 bridgehead atoms. The van der Waals surface area contributed by atoms with Crippen LogP contribution in [0.5, 0.6) is 5.75 Å². The van der Waals surface area contributed by atoms with Crippen LogP contribution in [0.4, 0.5) is 15.8 Å². The first-order chi connectivity index (χ1) is 18.6. The van der Waals surface area contributed by atoms with Gasteiger partial charge in [0.2, 0.25) is 10.0 Å². The number of sulfonamides is 1. The Labute approximate surface area is 232 Å². The summed E-state index contributed by atoms with van der Waals surface area (Å²) in [5.74, 6) is 0.0495. The van der Waals surface area contributed by atoms with Crippen LogP contribution in [0.1, 0.15) is 34.7 Å². The molecule has 1 aliphatic rings. The molecule has 0 radical (unpaired) electrons. The van der Waals surface area contributed by atoms with E-state index >= 15 is 0 Å². The summed E-state index contributed by atoms with van der Waals surface area (Å²) < 4.78 is 48.8. The normalized spacial score (nSPS) is 17.3. The number of pyridine rings is 1. The Hall–Kier alpha value is -3.96. The Balaban J connectivity index is 1.69. The Morgan fingerprint density at radius 1 is 1.08 bits per heavy atom. The molecule has 2 aromatic carbocycles. The molecule has 0 amide bonds. The van der Waals surface area contributed by atoms with Crippen LogP contribution in [0, 0.1) is 19.7 Å². The quantitative estimate of drug-likeness (QED) is 0.298. The van der Waals surface area contributed by atoms with E-state index in [9.17, 15) is 12.8 Å². The van der Waals surface area contributed by atoms with E-state index in [0.29, 0.717) is 22.2 Å². The lowest BCUT2D eigenvalue weighted by atomic mass is 9.96. The van der Waals surface area contributed by atoms with E-state index in [0.717, 1.165) is 28.9 Å². The highest BCUT2D eigenvalue weighted by molar-refractivity contribution is 7.92. The van der Waals surface area contributed by atoms with Crippen LogP contribution < -0.4 is 19.7 Å². The Morgan fingerprint density at radius 2 is 1.82 bits per heavy atom. The maximum atomic E-state index is 14.9. The Morgan fingerprint density at radius 3 is 2.49 bits per heavy atom. The van der Waals surface area contributed by atoms with Crippen LogP contribution in [0.2, 0.25) is 0 Å². The zero-order valence-electron chi connectivity index (χ0n) is 21.8. The van der Waals surface area contributed by atoms with Crippen molar-refractivity contribution in [3.8, 4) is 11.4 Å². The van der Waals surface area contributed by atoms with Gasteiger partial charge in [-0.05, 0) is 80.2 Å². The topological polar surface area (TPSA) is 88.5 Å². The summed E-state index contributed by atoms with van der Waals surface area (Å²) in [7, 11) is -2.10. The third kappa shape index (κ3) is 5.07. The summed E-state index contributed by atoms with van der Waals surface area (Å²) in [4.78, 5) is 6.54. The van der Waals surface area contributed by atoms with Gasteiger partial charge in [-0.3, -0.25) is 9.71 Å². The molecule has 2 atom stereocenters. The maximum absolute atomic E-state index is 14.9. The van der Waals surface area contributed by atoms with Crippen molar-refractivity contribution in [1.82, 2.24) is 14.9 Å². The summed E-state index contributed by atoms with van der Waals surface area (Å²) in [6, 6.07) is 18.9. The van der Waals surface area contributed by atoms with Gasteiger partial charge in [-0.1, -0.05) is 18.2 Å². The molecule has 0 aliphatic carbocycles. The molecule has 1 aliphatic heterocycles. The third-order valence-corrected chi connectivity index (χ3v) is 7.64. The minimum absolute atomic E-state index is 0.289. The standard InChI is InChI=1S/C28H28FN5O3S2/c1-17-15-20(18(2)33(17)24-11-6-5-9-21(24)29)27-26(22-10-7-8-14-30-22)31-28(38)34(27)19-12-13-25(37-3)23(16-19)32-39(4,35)36/h5-16,26-27,32H,1-4H3,(H,31,38)/t26-,27-/m0/s1. The largest absolute Gasteiger partial charge is 0.495 e. The second kappa shape index (κ2) is 10.3. The van der Waals surface area contributed by atoms with Crippen molar-refractivity contribution in [3.63, 3.8) is 0 Å². The van der Waals surface area contributed by atoms with Crippen molar-refractivity contribution in [2.24, 2.45) is 0 Å². The fourth-order valence-corrected chi connectivity index (χ4v) is 6.07. The van der Waals surface area contributed by atoms with Gasteiger partial charge in [-0.15, -0.1) is 0 Å². The highest BCUT2D eigenvalue weighted by Crippen LogP contribution is 2.45. The van der Waals surface area contributed by atoms with Crippen molar-refractivity contribution in [3.05, 3.63) is 101 Å². The van der Waals surface area contributed by atoms with Crippen LogP contribution in [0.3, 0.4) is 0 Å². The average Bonchev–Trinajstić information content (AvgIpc) is 3.39. The van der Waals surface area contributed by atoms with Crippen molar-refractivity contribution in [1.29, 1.82) is 0 Å². The first-order valence-electron chi connectivity index (χ1n) is 12.2. The Bertz CT molecular complexity index is 1660. The number of nitrogens with zero attached hydrogens (tertiary/aromatic N) is 3. The van der Waals surface area contributed by atoms with E-state index in [1.54, 1.807) is 36.5 Å². The van der Waals surface area contributed by atoms with Crippen LogP contribution >= 0.6 is 12.2 Å². The number of nitrogens with one attached hydrogen (secondary N) is 2. The van der Waals surface area contributed by atoms with Gasteiger partial charge in [0.05, 0.1) is 42.5 Å². The van der Waals surface area contributed by atoms with Crippen LogP contribution in [-0.4, -0.2) is 36.4 Å². The van der Waals surface area contributed by atoms with Gasteiger partial charge in [0.1, 0.15) is 11.6 Å². The molecule has 0 spiro atoms.